The molecule has 0 aromatic rings. The van der Waals surface area contributed by atoms with Crippen LogP contribution < -0.4 is 0 Å². The Kier molecular flexibility index (Phi) is 4.01. The van der Waals surface area contributed by atoms with Crippen LogP contribution >= 0.6 is 0 Å². The lowest BCUT2D eigenvalue weighted by Crippen LogP contribution is -1.95. The Bertz CT molecular complexity index is 454. The van der Waals surface area contributed by atoms with Crippen molar-refractivity contribution in [2.45, 2.75) is 13.8 Å². The highest BCUT2D eigenvalue weighted by molar-refractivity contribution is 6.20. The molecule has 0 heterocycles. The van der Waals surface area contributed by atoms with Gasteiger partial charge in [-0.15, -0.1) is 0 Å². The summed E-state index contributed by atoms with van der Waals surface area (Å²) < 4.78 is 0. The third-order valence-electron chi connectivity index (χ3n) is 2.51. The molecule has 82 valence electrons. The largest absolute Gasteiger partial charge is 0.289 e. The van der Waals surface area contributed by atoms with Crippen molar-refractivity contribution in [2.24, 2.45) is 0 Å². The lowest BCUT2D eigenvalue weighted by atomic mass is 10.0. The van der Waals surface area contributed by atoms with Gasteiger partial charge < -0.3 is 0 Å². The second-order valence-electron chi connectivity index (χ2n) is 3.37. The van der Waals surface area contributed by atoms with Gasteiger partial charge in [-0.25, -0.2) is 0 Å². The minimum absolute atomic E-state index is 0.0589. The second kappa shape index (κ2) is 5.26. The maximum absolute atomic E-state index is 12.1. The summed E-state index contributed by atoms with van der Waals surface area (Å²) in [5.74, 6) is 0.0589. The fourth-order valence-electron chi connectivity index (χ4n) is 1.86. The molecule has 1 aliphatic carbocycles. The predicted octanol–water partition coefficient (Wildman–Crippen LogP) is 3.69. The van der Waals surface area contributed by atoms with Crippen molar-refractivity contribution in [2.75, 3.05) is 0 Å². The van der Waals surface area contributed by atoms with E-state index in [9.17, 15) is 4.79 Å². The zero-order valence-corrected chi connectivity index (χ0v) is 9.79. The van der Waals surface area contributed by atoms with Gasteiger partial charge in [0, 0.05) is 11.1 Å². The van der Waals surface area contributed by atoms with Crippen LogP contribution in [0.15, 0.2) is 71.9 Å². The van der Waals surface area contributed by atoms with Crippen molar-refractivity contribution in [1.29, 1.82) is 0 Å². The summed E-state index contributed by atoms with van der Waals surface area (Å²) in [7, 11) is 0. The van der Waals surface area contributed by atoms with Crippen LogP contribution in [-0.4, -0.2) is 5.78 Å². The van der Waals surface area contributed by atoms with Gasteiger partial charge in [0.05, 0.1) is 0 Å². The Hall–Kier alpha value is -1.89. The number of ketones is 1. The smallest absolute Gasteiger partial charge is 0.193 e. The quantitative estimate of drug-likeness (QED) is 0.638. The van der Waals surface area contributed by atoms with Gasteiger partial charge in [-0.2, -0.15) is 0 Å². The molecule has 1 saturated carbocycles. The summed E-state index contributed by atoms with van der Waals surface area (Å²) in [4.78, 5) is 12.1. The van der Waals surface area contributed by atoms with E-state index in [1.807, 2.05) is 32.1 Å². The van der Waals surface area contributed by atoms with Crippen LogP contribution in [0.1, 0.15) is 13.8 Å². The third kappa shape index (κ3) is 1.89. The second-order valence-corrected chi connectivity index (χ2v) is 3.37. The van der Waals surface area contributed by atoms with Crippen LogP contribution in [0.2, 0.25) is 0 Å². The summed E-state index contributed by atoms with van der Waals surface area (Å²) in [6.45, 7) is 11.1. The van der Waals surface area contributed by atoms with Gasteiger partial charge in [0.1, 0.15) is 0 Å². The van der Waals surface area contributed by atoms with Crippen molar-refractivity contribution in [3.8, 4) is 0 Å². The standard InChI is InChI=1S/C15H16O/c1-5-9-13-11(7-3)14(10-6-2)15(16)12(13)8-4/h5-10H,1-2H2,3-4H3/b11-7-,12-8+,13-9-,14-10+. The lowest BCUT2D eigenvalue weighted by molar-refractivity contribution is -0.111. The molecule has 0 spiro atoms. The zero-order chi connectivity index (χ0) is 12.1. The molecule has 0 radical (unpaired) electrons. The van der Waals surface area contributed by atoms with E-state index in [4.69, 9.17) is 0 Å². The van der Waals surface area contributed by atoms with Gasteiger partial charge in [0.25, 0.3) is 0 Å². The van der Waals surface area contributed by atoms with E-state index in [2.05, 4.69) is 13.2 Å². The SMILES string of the molecule is C=C/C=C1/C(=C/C)/C(=C\C=C)C(=O)/C1=C/C. The van der Waals surface area contributed by atoms with Gasteiger partial charge in [0.2, 0.25) is 0 Å². The monoisotopic (exact) mass is 212 g/mol. The number of rotatable bonds is 2. The molecule has 0 aromatic heterocycles. The molecular weight excluding hydrogens is 196 g/mol. The van der Waals surface area contributed by atoms with Crippen LogP contribution in [0, 0.1) is 0 Å². The van der Waals surface area contributed by atoms with E-state index < -0.39 is 0 Å². The fraction of sp³-hybridized carbons (Fsp3) is 0.133. The van der Waals surface area contributed by atoms with Crippen molar-refractivity contribution in [3.63, 3.8) is 0 Å². The molecule has 0 aromatic carbocycles. The number of carbonyl (C=O) groups excluding carboxylic acids is 1. The average molecular weight is 212 g/mol. The number of allylic oxidation sites excluding steroid dienone is 10. The molecule has 0 unspecified atom stereocenters. The Morgan fingerprint density at radius 3 is 1.75 bits per heavy atom. The number of hydrogen-bond donors (Lipinski definition) is 0. The molecule has 0 atom stereocenters. The molecule has 1 heteroatoms. The molecule has 1 rings (SSSR count). The van der Waals surface area contributed by atoms with Crippen molar-refractivity contribution in [1.82, 2.24) is 0 Å². The number of hydrogen-bond acceptors (Lipinski definition) is 1. The predicted molar refractivity (Wildman–Crippen MR) is 69.1 cm³/mol. The van der Waals surface area contributed by atoms with Crippen LogP contribution in [0.25, 0.3) is 0 Å². The van der Waals surface area contributed by atoms with Gasteiger partial charge >= 0.3 is 0 Å². The van der Waals surface area contributed by atoms with Gasteiger partial charge in [-0.3, -0.25) is 4.79 Å². The third-order valence-corrected chi connectivity index (χ3v) is 2.51. The van der Waals surface area contributed by atoms with E-state index in [-0.39, 0.29) is 5.78 Å². The van der Waals surface area contributed by atoms with Crippen LogP contribution in [-0.2, 0) is 4.79 Å². The molecule has 0 bridgehead atoms. The topological polar surface area (TPSA) is 17.1 Å². The minimum atomic E-state index is 0.0589. The summed E-state index contributed by atoms with van der Waals surface area (Å²) in [5, 5.41) is 0. The number of Topliss-reactive ketones (excluding diaryl/α,β-unsaturated/α-hetero) is 1. The maximum Gasteiger partial charge on any atom is 0.193 e. The first-order valence-corrected chi connectivity index (χ1v) is 5.25. The molecule has 1 aliphatic rings. The molecule has 0 aliphatic heterocycles. The summed E-state index contributed by atoms with van der Waals surface area (Å²) in [6.07, 6.45) is 10.7. The van der Waals surface area contributed by atoms with Gasteiger partial charge in [0.15, 0.2) is 5.78 Å². The fourth-order valence-corrected chi connectivity index (χ4v) is 1.86. The highest BCUT2D eigenvalue weighted by atomic mass is 16.1. The average Bonchev–Trinajstić information content (AvgIpc) is 2.53. The highest BCUT2D eigenvalue weighted by Gasteiger charge is 2.30. The van der Waals surface area contributed by atoms with E-state index in [1.54, 1.807) is 18.2 Å². The van der Waals surface area contributed by atoms with Crippen molar-refractivity contribution in [3.05, 3.63) is 71.9 Å². The summed E-state index contributed by atoms with van der Waals surface area (Å²) in [5.41, 5.74) is 3.34. The van der Waals surface area contributed by atoms with Crippen molar-refractivity contribution < 1.29 is 4.79 Å². The Morgan fingerprint density at radius 1 is 0.812 bits per heavy atom. The van der Waals surface area contributed by atoms with Gasteiger partial charge in [-0.1, -0.05) is 49.6 Å². The van der Waals surface area contributed by atoms with Gasteiger partial charge in [-0.05, 0) is 25.0 Å². The van der Waals surface area contributed by atoms with E-state index in [1.165, 1.54) is 0 Å². The lowest BCUT2D eigenvalue weighted by Gasteiger charge is -1.98. The number of carbonyl (C=O) groups is 1. The zero-order valence-electron chi connectivity index (χ0n) is 9.79. The summed E-state index contributed by atoms with van der Waals surface area (Å²) in [6, 6.07) is 0. The molecule has 0 N–H and O–H groups in total. The molecule has 0 amide bonds. The van der Waals surface area contributed by atoms with Crippen LogP contribution in [0.5, 0.6) is 0 Å². The van der Waals surface area contributed by atoms with Crippen molar-refractivity contribution >= 4 is 5.78 Å². The molecule has 0 saturated heterocycles. The first-order valence-electron chi connectivity index (χ1n) is 5.25. The summed E-state index contributed by atoms with van der Waals surface area (Å²) >= 11 is 0. The molecular formula is C15H16O. The molecule has 16 heavy (non-hydrogen) atoms. The highest BCUT2D eigenvalue weighted by Crippen LogP contribution is 2.37. The normalized spacial score (nSPS) is 26.0. The Morgan fingerprint density at radius 2 is 1.31 bits per heavy atom. The van der Waals surface area contributed by atoms with Crippen LogP contribution in [0.3, 0.4) is 0 Å². The van der Waals surface area contributed by atoms with Crippen LogP contribution in [0.4, 0.5) is 0 Å². The minimum Gasteiger partial charge on any atom is -0.289 e. The first kappa shape index (κ1) is 12.2. The molecule has 1 fully saturated rings. The molecule has 1 nitrogen and oxygen atoms in total. The van der Waals surface area contributed by atoms with E-state index >= 15 is 0 Å². The maximum atomic E-state index is 12.1. The Balaban J connectivity index is 3.49. The first-order chi connectivity index (χ1) is 7.71. The van der Waals surface area contributed by atoms with E-state index in [0.29, 0.717) is 5.57 Å². The Labute approximate surface area is 96.9 Å². The van der Waals surface area contributed by atoms with E-state index in [0.717, 1.165) is 16.7 Å².